The average Bonchev–Trinajstić information content (AvgIpc) is 3.17. The summed E-state index contributed by atoms with van der Waals surface area (Å²) in [6.07, 6.45) is 5.83. The molecule has 7 heteroatoms. The van der Waals surface area contributed by atoms with E-state index in [0.29, 0.717) is 40.3 Å². The normalized spacial score (nSPS) is 15.5. The van der Waals surface area contributed by atoms with E-state index in [1.54, 1.807) is 48.5 Å². The van der Waals surface area contributed by atoms with Crippen molar-refractivity contribution in [1.82, 2.24) is 5.32 Å². The van der Waals surface area contributed by atoms with Crippen LogP contribution in [0.5, 0.6) is 11.5 Å². The van der Waals surface area contributed by atoms with E-state index in [2.05, 4.69) is 5.32 Å². The number of carbonyl (C=O) groups is 1. The Bertz CT molecular complexity index is 1420. The molecular formula is C31H30ClF2NO3. The number of rotatable bonds is 7. The lowest BCUT2D eigenvalue weighted by atomic mass is 9.89. The van der Waals surface area contributed by atoms with E-state index in [1.165, 1.54) is 37.5 Å². The second-order valence-corrected chi connectivity index (χ2v) is 9.51. The molecule has 1 aliphatic heterocycles. The van der Waals surface area contributed by atoms with Gasteiger partial charge < -0.3 is 15.2 Å². The maximum Gasteiger partial charge on any atom is 0.194 e. The lowest BCUT2D eigenvalue weighted by molar-refractivity contribution is 0.104. The van der Waals surface area contributed by atoms with Crippen molar-refractivity contribution in [2.24, 2.45) is 0 Å². The number of aromatic hydroxyl groups is 1. The van der Waals surface area contributed by atoms with Gasteiger partial charge in [-0.15, -0.1) is 12.4 Å². The molecule has 1 atom stereocenters. The van der Waals surface area contributed by atoms with Crippen molar-refractivity contribution in [1.29, 1.82) is 0 Å². The number of benzene rings is 4. The Labute approximate surface area is 227 Å². The Morgan fingerprint density at radius 2 is 1.71 bits per heavy atom. The van der Waals surface area contributed by atoms with E-state index in [-0.39, 0.29) is 35.1 Å². The van der Waals surface area contributed by atoms with Crippen LogP contribution < -0.4 is 10.1 Å². The van der Waals surface area contributed by atoms with Crippen molar-refractivity contribution in [3.63, 3.8) is 0 Å². The quantitative estimate of drug-likeness (QED) is 0.240. The van der Waals surface area contributed by atoms with Crippen LogP contribution in [0.15, 0.2) is 72.8 Å². The van der Waals surface area contributed by atoms with Crippen LogP contribution in [0.25, 0.3) is 21.9 Å². The molecule has 38 heavy (non-hydrogen) atoms. The number of hydrogen-bond donors (Lipinski definition) is 2. The number of carbonyl (C=O) groups excluding carboxylic acids is 1. The van der Waals surface area contributed by atoms with Gasteiger partial charge in [-0.1, -0.05) is 25.0 Å². The first kappa shape index (κ1) is 27.6. The first-order valence-electron chi connectivity index (χ1n) is 12.7. The van der Waals surface area contributed by atoms with Crippen molar-refractivity contribution in [3.8, 4) is 22.6 Å². The largest absolute Gasteiger partial charge is 0.508 e. The Morgan fingerprint density at radius 3 is 2.50 bits per heavy atom. The molecule has 4 aromatic rings. The molecule has 1 saturated heterocycles. The van der Waals surface area contributed by atoms with Crippen molar-refractivity contribution in [2.75, 3.05) is 13.2 Å². The number of phenols is 1. The number of fused-ring (bicyclic) bond motifs is 1. The monoisotopic (exact) mass is 537 g/mol. The highest BCUT2D eigenvalue weighted by atomic mass is 35.5. The summed E-state index contributed by atoms with van der Waals surface area (Å²) in [6, 6.07) is 18.7. The summed E-state index contributed by atoms with van der Waals surface area (Å²) in [5.74, 6) is -1.00. The fraction of sp³-hybridized carbons (Fsp3) is 0.258. The van der Waals surface area contributed by atoms with E-state index in [9.17, 15) is 18.7 Å². The molecule has 1 unspecified atom stereocenters. The highest BCUT2D eigenvalue weighted by Gasteiger charge is 2.21. The van der Waals surface area contributed by atoms with Crippen LogP contribution >= 0.6 is 12.4 Å². The number of ether oxygens (including phenoxy) is 1. The predicted molar refractivity (Wildman–Crippen MR) is 148 cm³/mol. The topological polar surface area (TPSA) is 58.6 Å². The van der Waals surface area contributed by atoms with Crippen molar-refractivity contribution in [2.45, 2.75) is 38.1 Å². The zero-order chi connectivity index (χ0) is 25.8. The van der Waals surface area contributed by atoms with E-state index >= 15 is 0 Å². The summed E-state index contributed by atoms with van der Waals surface area (Å²) >= 11 is 0. The third kappa shape index (κ3) is 6.14. The Hall–Kier alpha value is -3.48. The minimum atomic E-state index is -0.751. The van der Waals surface area contributed by atoms with Gasteiger partial charge in [-0.05, 0) is 96.7 Å². The summed E-state index contributed by atoms with van der Waals surface area (Å²) < 4.78 is 34.3. The van der Waals surface area contributed by atoms with E-state index < -0.39 is 11.6 Å². The second kappa shape index (κ2) is 12.4. The van der Waals surface area contributed by atoms with Crippen LogP contribution in [0.2, 0.25) is 0 Å². The second-order valence-electron chi connectivity index (χ2n) is 9.51. The van der Waals surface area contributed by atoms with Crippen molar-refractivity contribution in [3.05, 3.63) is 95.6 Å². The van der Waals surface area contributed by atoms with E-state index in [1.807, 2.05) is 0 Å². The first-order chi connectivity index (χ1) is 18.0. The van der Waals surface area contributed by atoms with Crippen LogP contribution in [0.3, 0.4) is 0 Å². The minimum absolute atomic E-state index is 0. The molecular weight excluding hydrogens is 508 g/mol. The highest BCUT2D eigenvalue weighted by Crippen LogP contribution is 2.35. The van der Waals surface area contributed by atoms with Crippen LogP contribution in [-0.4, -0.2) is 30.1 Å². The molecule has 0 aliphatic carbocycles. The molecule has 4 nitrogen and oxygen atoms in total. The lowest BCUT2D eigenvalue weighted by Gasteiger charge is -2.16. The molecule has 1 aliphatic rings. The number of nitrogens with one attached hydrogen (secondary N) is 1. The Balaban J connectivity index is 0.00000336. The average molecular weight is 538 g/mol. The zero-order valence-electron chi connectivity index (χ0n) is 20.9. The molecule has 0 bridgehead atoms. The molecule has 0 aromatic heterocycles. The SMILES string of the molecule is Cl.O=C(c1ccc(OCCC2CCCCCN2)cc1)c1c(-c2ccc(F)cc2F)ccc2cc(O)ccc12. The fourth-order valence-corrected chi connectivity index (χ4v) is 5.01. The molecule has 0 saturated carbocycles. The van der Waals surface area contributed by atoms with Gasteiger partial charge in [-0.3, -0.25) is 4.79 Å². The van der Waals surface area contributed by atoms with Gasteiger partial charge in [0.05, 0.1) is 6.61 Å². The maximum atomic E-state index is 14.8. The van der Waals surface area contributed by atoms with Gasteiger partial charge in [-0.25, -0.2) is 8.78 Å². The molecule has 198 valence electrons. The summed E-state index contributed by atoms with van der Waals surface area (Å²) in [7, 11) is 0. The van der Waals surface area contributed by atoms with Crippen molar-refractivity contribution < 1.29 is 23.4 Å². The van der Waals surface area contributed by atoms with Crippen molar-refractivity contribution >= 4 is 29.0 Å². The molecule has 1 fully saturated rings. The molecule has 2 N–H and O–H groups in total. The molecule has 1 heterocycles. The lowest BCUT2D eigenvalue weighted by Crippen LogP contribution is -2.29. The standard InChI is InChI=1S/C31H29F2NO3.ClH/c32-22-8-13-27(29(33)19-22)28-12-7-21-18-24(35)9-14-26(21)30(28)31(36)20-5-10-25(11-6-20)37-17-15-23-4-2-1-3-16-34-23;/h5-14,18-19,23,34-35H,1-4,15-17H2;1H. The van der Waals surface area contributed by atoms with Gasteiger partial charge in [-0.2, -0.15) is 0 Å². The fourth-order valence-electron chi connectivity index (χ4n) is 5.01. The molecule has 5 rings (SSSR count). The van der Waals surface area contributed by atoms with Gasteiger partial charge in [0.1, 0.15) is 23.1 Å². The number of phenolic OH excluding ortho intramolecular Hbond substituents is 1. The zero-order valence-corrected chi connectivity index (χ0v) is 21.7. The number of ketones is 1. The summed E-state index contributed by atoms with van der Waals surface area (Å²) in [5.41, 5.74) is 1.20. The Morgan fingerprint density at radius 1 is 0.921 bits per heavy atom. The van der Waals surface area contributed by atoms with E-state index in [0.717, 1.165) is 25.5 Å². The maximum absolute atomic E-state index is 14.8. The number of halogens is 3. The van der Waals surface area contributed by atoms with Gasteiger partial charge in [0.2, 0.25) is 0 Å². The van der Waals surface area contributed by atoms with Gasteiger partial charge in [0.15, 0.2) is 5.78 Å². The minimum Gasteiger partial charge on any atom is -0.508 e. The smallest absolute Gasteiger partial charge is 0.194 e. The summed E-state index contributed by atoms with van der Waals surface area (Å²) in [5, 5.41) is 14.7. The van der Waals surface area contributed by atoms with Crippen LogP contribution in [0.4, 0.5) is 8.78 Å². The van der Waals surface area contributed by atoms with Crippen LogP contribution in [-0.2, 0) is 0 Å². The molecule has 0 spiro atoms. The highest BCUT2D eigenvalue weighted by molar-refractivity contribution is 6.20. The Kier molecular flexibility index (Phi) is 8.97. The molecule has 0 radical (unpaired) electrons. The third-order valence-electron chi connectivity index (χ3n) is 6.97. The first-order valence-corrected chi connectivity index (χ1v) is 12.7. The van der Waals surface area contributed by atoms with E-state index in [4.69, 9.17) is 4.74 Å². The van der Waals surface area contributed by atoms with Gasteiger partial charge >= 0.3 is 0 Å². The van der Waals surface area contributed by atoms with Crippen LogP contribution in [0.1, 0.15) is 48.0 Å². The predicted octanol–water partition coefficient (Wildman–Crippen LogP) is 7.44. The van der Waals surface area contributed by atoms with Gasteiger partial charge in [0.25, 0.3) is 0 Å². The molecule has 0 amide bonds. The summed E-state index contributed by atoms with van der Waals surface area (Å²) in [4.78, 5) is 13.8. The summed E-state index contributed by atoms with van der Waals surface area (Å²) in [6.45, 7) is 1.64. The van der Waals surface area contributed by atoms with Crippen LogP contribution in [0, 0.1) is 11.6 Å². The number of hydrogen-bond acceptors (Lipinski definition) is 4. The third-order valence-corrected chi connectivity index (χ3v) is 6.97. The molecule has 4 aromatic carbocycles. The van der Waals surface area contributed by atoms with Gasteiger partial charge in [0, 0.05) is 28.8 Å².